The van der Waals surface area contributed by atoms with Crippen molar-refractivity contribution in [3.05, 3.63) is 47.3 Å². The fourth-order valence-corrected chi connectivity index (χ4v) is 4.24. The van der Waals surface area contributed by atoms with Gasteiger partial charge in [0.05, 0.1) is 4.90 Å². The van der Waals surface area contributed by atoms with Gasteiger partial charge >= 0.3 is 0 Å². The maximum absolute atomic E-state index is 12.6. The lowest BCUT2D eigenvalue weighted by molar-refractivity contribution is 0.600. The second kappa shape index (κ2) is 6.16. The van der Waals surface area contributed by atoms with E-state index in [0.29, 0.717) is 5.92 Å². The lowest BCUT2D eigenvalue weighted by Gasteiger charge is -2.10. The van der Waals surface area contributed by atoms with Gasteiger partial charge in [-0.05, 0) is 67.7 Å². The quantitative estimate of drug-likeness (QED) is 0.863. The van der Waals surface area contributed by atoms with E-state index in [1.54, 1.807) is 24.4 Å². The molecule has 4 rings (SSSR count). The Morgan fingerprint density at radius 1 is 1.08 bits per heavy atom. The molecule has 0 spiro atoms. The molecular weight excluding hydrogens is 322 g/mol. The van der Waals surface area contributed by atoms with Crippen molar-refractivity contribution >= 4 is 16.0 Å². The van der Waals surface area contributed by atoms with Gasteiger partial charge in [-0.1, -0.05) is 18.6 Å². The molecule has 0 bridgehead atoms. The van der Waals surface area contributed by atoms with E-state index in [1.807, 2.05) is 6.07 Å². The van der Waals surface area contributed by atoms with Gasteiger partial charge < -0.3 is 0 Å². The summed E-state index contributed by atoms with van der Waals surface area (Å²) >= 11 is 0. The molecule has 2 aromatic rings. The Bertz CT molecular complexity index is 860. The highest BCUT2D eigenvalue weighted by molar-refractivity contribution is 7.92. The molecule has 1 fully saturated rings. The predicted molar refractivity (Wildman–Crippen MR) is 92.5 cm³/mol. The van der Waals surface area contributed by atoms with Gasteiger partial charge in [0.25, 0.3) is 10.0 Å². The van der Waals surface area contributed by atoms with Gasteiger partial charge in [-0.25, -0.2) is 23.1 Å². The summed E-state index contributed by atoms with van der Waals surface area (Å²) in [6, 6.07) is 7.19. The van der Waals surface area contributed by atoms with Crippen molar-refractivity contribution in [1.29, 1.82) is 0 Å². The van der Waals surface area contributed by atoms with Crippen LogP contribution in [-0.2, 0) is 22.9 Å². The van der Waals surface area contributed by atoms with Crippen LogP contribution in [0.3, 0.4) is 0 Å². The van der Waals surface area contributed by atoms with E-state index < -0.39 is 10.0 Å². The number of aromatic nitrogens is 2. The first kappa shape index (κ1) is 15.6. The highest BCUT2D eigenvalue weighted by Gasteiger charge is 2.25. The van der Waals surface area contributed by atoms with Gasteiger partial charge in [0, 0.05) is 11.9 Å². The Hall–Kier alpha value is -1.95. The number of sulfonamides is 1. The van der Waals surface area contributed by atoms with Crippen LogP contribution in [0.25, 0.3) is 0 Å². The lowest BCUT2D eigenvalue weighted by atomic mass is 10.1. The Kier molecular flexibility index (Phi) is 4.00. The van der Waals surface area contributed by atoms with E-state index in [1.165, 1.54) is 6.42 Å². The number of fused-ring (bicyclic) bond motifs is 1. The van der Waals surface area contributed by atoms with E-state index >= 15 is 0 Å². The molecule has 1 N–H and O–H groups in total. The highest BCUT2D eigenvalue weighted by Crippen LogP contribution is 2.40. The Morgan fingerprint density at radius 2 is 1.92 bits per heavy atom. The predicted octanol–water partition coefficient (Wildman–Crippen LogP) is 3.42. The van der Waals surface area contributed by atoms with Gasteiger partial charge in [0.15, 0.2) is 0 Å². The summed E-state index contributed by atoms with van der Waals surface area (Å²) in [6.07, 6.45) is 9.36. The van der Waals surface area contributed by atoms with Gasteiger partial charge in [0.1, 0.15) is 0 Å². The van der Waals surface area contributed by atoms with Gasteiger partial charge in [-0.15, -0.1) is 0 Å². The van der Waals surface area contributed by atoms with Crippen LogP contribution in [0, 0.1) is 0 Å². The smallest absolute Gasteiger partial charge is 0.247 e. The molecule has 5 nitrogen and oxygen atoms in total. The van der Waals surface area contributed by atoms with Crippen molar-refractivity contribution in [3.63, 3.8) is 0 Å². The number of rotatable bonds is 4. The molecule has 0 aliphatic heterocycles. The molecule has 1 aromatic heterocycles. The summed E-state index contributed by atoms with van der Waals surface area (Å²) in [5.74, 6) is 0.691. The first-order chi connectivity index (χ1) is 11.6. The molecule has 1 heterocycles. The molecular formula is C18H21N3O2S. The molecule has 0 atom stereocenters. The molecule has 126 valence electrons. The number of hydrogen-bond acceptors (Lipinski definition) is 4. The second-order valence-corrected chi connectivity index (χ2v) is 8.36. The van der Waals surface area contributed by atoms with Crippen LogP contribution in [-0.4, -0.2) is 18.4 Å². The molecule has 2 aliphatic carbocycles. The summed E-state index contributed by atoms with van der Waals surface area (Å²) < 4.78 is 27.8. The minimum atomic E-state index is -3.65. The maximum Gasteiger partial charge on any atom is 0.264 e. The van der Waals surface area contributed by atoms with E-state index in [2.05, 4.69) is 14.7 Å². The minimum Gasteiger partial charge on any atom is -0.247 e. The van der Waals surface area contributed by atoms with Gasteiger partial charge in [-0.2, -0.15) is 0 Å². The molecule has 1 saturated carbocycles. The van der Waals surface area contributed by atoms with Crippen molar-refractivity contribution in [2.45, 2.75) is 55.8 Å². The monoisotopic (exact) mass is 343 g/mol. The van der Waals surface area contributed by atoms with Crippen LogP contribution in [0.2, 0.25) is 0 Å². The zero-order chi connectivity index (χ0) is 16.6. The third-order valence-corrected chi connectivity index (χ3v) is 6.08. The molecule has 0 unspecified atom stereocenters. The lowest BCUT2D eigenvalue weighted by Crippen LogP contribution is -2.16. The topological polar surface area (TPSA) is 72.0 Å². The molecule has 0 radical (unpaired) electrons. The zero-order valence-corrected chi connectivity index (χ0v) is 14.3. The van der Waals surface area contributed by atoms with Gasteiger partial charge in [0.2, 0.25) is 5.95 Å². The van der Waals surface area contributed by atoms with Crippen LogP contribution < -0.4 is 4.72 Å². The molecule has 24 heavy (non-hydrogen) atoms. The minimum absolute atomic E-state index is 0.174. The standard InChI is InChI=1S/C18H21N3O2S/c22-24(23,16-7-4-6-14(11-16)13-9-10-13)21-18-19-12-15-5-2-1-3-8-17(15)20-18/h4,6-7,11-13H,1-3,5,8-10H2,(H,19,20,21). The van der Waals surface area contributed by atoms with Crippen LogP contribution in [0.1, 0.15) is 54.8 Å². The van der Waals surface area contributed by atoms with Crippen LogP contribution in [0.15, 0.2) is 35.4 Å². The highest BCUT2D eigenvalue weighted by atomic mass is 32.2. The molecule has 0 amide bonds. The normalized spacial score (nSPS) is 17.8. The maximum atomic E-state index is 12.6. The van der Waals surface area contributed by atoms with Crippen LogP contribution in [0.5, 0.6) is 0 Å². The van der Waals surface area contributed by atoms with E-state index in [4.69, 9.17) is 0 Å². The van der Waals surface area contributed by atoms with Crippen molar-refractivity contribution in [2.24, 2.45) is 0 Å². The second-order valence-electron chi connectivity index (χ2n) is 6.68. The van der Waals surface area contributed by atoms with Crippen LogP contribution >= 0.6 is 0 Å². The van der Waals surface area contributed by atoms with E-state index in [9.17, 15) is 8.42 Å². The Balaban J connectivity index is 1.59. The molecule has 6 heteroatoms. The summed E-state index contributed by atoms with van der Waals surface area (Å²) in [5, 5.41) is 0. The van der Waals surface area contributed by atoms with E-state index in [0.717, 1.165) is 55.3 Å². The first-order valence-corrected chi connectivity index (χ1v) is 10.1. The zero-order valence-electron chi connectivity index (χ0n) is 13.5. The summed E-state index contributed by atoms with van der Waals surface area (Å²) in [5.41, 5.74) is 3.22. The van der Waals surface area contributed by atoms with Crippen molar-refractivity contribution in [2.75, 3.05) is 4.72 Å². The molecule has 2 aliphatic rings. The number of anilines is 1. The Morgan fingerprint density at radius 3 is 2.75 bits per heavy atom. The van der Waals surface area contributed by atoms with Crippen molar-refractivity contribution in [1.82, 2.24) is 9.97 Å². The summed E-state index contributed by atoms with van der Waals surface area (Å²) in [7, 11) is -3.65. The number of nitrogens with zero attached hydrogens (tertiary/aromatic N) is 2. The van der Waals surface area contributed by atoms with Crippen molar-refractivity contribution < 1.29 is 8.42 Å². The third-order valence-electron chi connectivity index (χ3n) is 4.76. The number of benzene rings is 1. The fourth-order valence-electron chi connectivity index (χ4n) is 3.23. The average Bonchev–Trinajstić information content (AvgIpc) is 3.41. The van der Waals surface area contributed by atoms with E-state index in [-0.39, 0.29) is 10.8 Å². The third kappa shape index (κ3) is 3.29. The van der Waals surface area contributed by atoms with Crippen LogP contribution in [0.4, 0.5) is 5.95 Å². The number of nitrogens with one attached hydrogen (secondary N) is 1. The summed E-state index contributed by atoms with van der Waals surface area (Å²) in [6.45, 7) is 0. The summed E-state index contributed by atoms with van der Waals surface area (Å²) in [4.78, 5) is 8.95. The average molecular weight is 343 g/mol. The SMILES string of the molecule is O=S(=O)(Nc1ncc2c(n1)CCCCC2)c1cccc(C2CC2)c1. The fraction of sp³-hybridized carbons (Fsp3) is 0.444. The molecule has 0 saturated heterocycles. The molecule has 1 aromatic carbocycles. The Labute approximate surface area is 142 Å². The largest absolute Gasteiger partial charge is 0.264 e. The number of hydrogen-bond donors (Lipinski definition) is 1. The first-order valence-electron chi connectivity index (χ1n) is 8.59. The van der Waals surface area contributed by atoms with Gasteiger partial charge in [-0.3, -0.25) is 0 Å². The number of aryl methyl sites for hydroxylation is 2. The van der Waals surface area contributed by atoms with Crippen molar-refractivity contribution in [3.8, 4) is 0 Å².